The van der Waals surface area contributed by atoms with Gasteiger partial charge in [0.05, 0.1) is 7.11 Å². The first-order chi connectivity index (χ1) is 9.45. The largest absolute Gasteiger partial charge is 0.467 e. The third-order valence-corrected chi connectivity index (χ3v) is 3.43. The Morgan fingerprint density at radius 1 is 1.05 bits per heavy atom. The summed E-state index contributed by atoms with van der Waals surface area (Å²) in [6, 6.07) is -0.627. The molecule has 0 aromatic rings. The van der Waals surface area contributed by atoms with E-state index in [4.69, 9.17) is 9.47 Å². The first-order valence-corrected chi connectivity index (χ1v) is 7.28. The molecule has 0 bridgehead atoms. The highest BCUT2D eigenvalue weighted by Crippen LogP contribution is 2.22. The summed E-state index contributed by atoms with van der Waals surface area (Å²) in [4.78, 5) is 27.9. The fraction of sp³-hybridized carbons (Fsp3) is 0.867. The number of methoxy groups -OCH3 is 1. The van der Waals surface area contributed by atoms with Gasteiger partial charge >= 0.3 is 12.1 Å². The van der Waals surface area contributed by atoms with Crippen LogP contribution in [0.2, 0.25) is 0 Å². The Bertz CT molecular complexity index is 395. The fourth-order valence-electron chi connectivity index (χ4n) is 2.27. The molecular weight excluding hydrogens is 272 g/mol. The third-order valence-electron chi connectivity index (χ3n) is 3.43. The van der Waals surface area contributed by atoms with Crippen LogP contribution >= 0.6 is 0 Å². The van der Waals surface area contributed by atoms with Gasteiger partial charge in [0.25, 0.3) is 0 Å². The van der Waals surface area contributed by atoms with Crippen LogP contribution < -0.4 is 0 Å². The van der Waals surface area contributed by atoms with Crippen LogP contribution in [-0.2, 0) is 14.3 Å². The van der Waals surface area contributed by atoms with Crippen molar-refractivity contribution < 1.29 is 19.1 Å². The molecule has 0 radical (unpaired) electrons. The maximum atomic E-state index is 12.3. The van der Waals surface area contributed by atoms with Gasteiger partial charge in [-0.15, -0.1) is 0 Å². The monoisotopic (exact) mass is 300 g/mol. The highest BCUT2D eigenvalue weighted by molar-refractivity contribution is 5.82. The van der Waals surface area contributed by atoms with Gasteiger partial charge in [0.15, 0.2) is 0 Å². The zero-order valence-electron chi connectivity index (χ0n) is 14.2. The number of hydrogen-bond acceptors (Lipinski definition) is 5. The summed E-state index contributed by atoms with van der Waals surface area (Å²) in [7, 11) is 1.34. The van der Waals surface area contributed by atoms with Crippen molar-refractivity contribution >= 4 is 12.1 Å². The molecule has 1 rings (SSSR count). The number of ether oxygens (including phenoxy) is 2. The molecule has 1 fully saturated rings. The van der Waals surface area contributed by atoms with Gasteiger partial charge in [-0.2, -0.15) is 0 Å². The lowest BCUT2D eigenvalue weighted by molar-refractivity contribution is -0.150. The van der Waals surface area contributed by atoms with E-state index in [1.165, 1.54) is 12.0 Å². The number of carbonyl (C=O) groups is 2. The number of hydrogen-bond donors (Lipinski definition) is 0. The van der Waals surface area contributed by atoms with Crippen LogP contribution in [-0.4, -0.2) is 65.8 Å². The zero-order chi connectivity index (χ0) is 16.4. The molecule has 0 aromatic carbocycles. The summed E-state index contributed by atoms with van der Waals surface area (Å²) in [5, 5.41) is 0. The van der Waals surface area contributed by atoms with Crippen molar-refractivity contribution in [3.63, 3.8) is 0 Å². The highest BCUT2D eigenvalue weighted by atomic mass is 16.6. The maximum Gasteiger partial charge on any atom is 0.411 e. The zero-order valence-corrected chi connectivity index (χ0v) is 14.2. The number of esters is 1. The molecule has 0 aromatic heterocycles. The van der Waals surface area contributed by atoms with E-state index < -0.39 is 23.7 Å². The van der Waals surface area contributed by atoms with Crippen molar-refractivity contribution in [1.82, 2.24) is 9.80 Å². The van der Waals surface area contributed by atoms with E-state index in [1.807, 2.05) is 20.8 Å². The third kappa shape index (κ3) is 4.88. The molecule has 6 nitrogen and oxygen atoms in total. The second kappa shape index (κ2) is 6.22. The van der Waals surface area contributed by atoms with Crippen LogP contribution in [0.4, 0.5) is 4.79 Å². The van der Waals surface area contributed by atoms with Crippen molar-refractivity contribution in [3.05, 3.63) is 0 Å². The van der Waals surface area contributed by atoms with Gasteiger partial charge in [-0.1, -0.05) is 0 Å². The van der Waals surface area contributed by atoms with Crippen LogP contribution in [0.1, 0.15) is 41.5 Å². The number of carbonyl (C=O) groups excluding carboxylic acids is 2. The lowest BCUT2D eigenvalue weighted by Crippen LogP contribution is -2.62. The average molecular weight is 300 g/mol. The average Bonchev–Trinajstić information content (AvgIpc) is 2.34. The van der Waals surface area contributed by atoms with Crippen molar-refractivity contribution in [2.45, 2.75) is 58.7 Å². The first kappa shape index (κ1) is 17.8. The topological polar surface area (TPSA) is 59.1 Å². The molecule has 0 N–H and O–H groups in total. The van der Waals surface area contributed by atoms with Crippen molar-refractivity contribution in [2.24, 2.45) is 0 Å². The van der Waals surface area contributed by atoms with Gasteiger partial charge in [-0.05, 0) is 41.5 Å². The van der Waals surface area contributed by atoms with Crippen LogP contribution in [0.5, 0.6) is 0 Å². The molecule has 6 heteroatoms. The molecule has 1 saturated heterocycles. The molecule has 21 heavy (non-hydrogen) atoms. The maximum absolute atomic E-state index is 12.3. The summed E-state index contributed by atoms with van der Waals surface area (Å²) in [5.74, 6) is -0.408. The minimum Gasteiger partial charge on any atom is -0.467 e. The summed E-state index contributed by atoms with van der Waals surface area (Å²) in [5.41, 5.74) is -0.648. The molecule has 1 aliphatic heterocycles. The van der Waals surface area contributed by atoms with E-state index in [0.29, 0.717) is 19.6 Å². The highest BCUT2D eigenvalue weighted by Gasteiger charge is 2.40. The van der Waals surface area contributed by atoms with Crippen molar-refractivity contribution in [3.8, 4) is 0 Å². The quantitative estimate of drug-likeness (QED) is 0.692. The molecule has 1 amide bonds. The van der Waals surface area contributed by atoms with Gasteiger partial charge < -0.3 is 9.47 Å². The van der Waals surface area contributed by atoms with Crippen LogP contribution in [0, 0.1) is 0 Å². The normalized spacial score (nSPS) is 21.1. The SMILES string of the molecule is COC(=O)[C@@H]1CN(C(C)(C)C)CCN1C(=O)OC(C)(C)C. The van der Waals surface area contributed by atoms with Gasteiger partial charge in [-0.25, -0.2) is 9.59 Å². The molecule has 0 saturated carbocycles. The van der Waals surface area contributed by atoms with Crippen molar-refractivity contribution in [2.75, 3.05) is 26.7 Å². The summed E-state index contributed by atoms with van der Waals surface area (Å²) in [6.07, 6.45) is -0.466. The lowest BCUT2D eigenvalue weighted by Gasteiger charge is -2.45. The Hall–Kier alpha value is -1.30. The predicted molar refractivity (Wildman–Crippen MR) is 80.1 cm³/mol. The van der Waals surface area contributed by atoms with E-state index in [-0.39, 0.29) is 5.54 Å². The lowest BCUT2D eigenvalue weighted by atomic mass is 10.0. The molecule has 0 unspecified atom stereocenters. The van der Waals surface area contributed by atoms with Crippen LogP contribution in [0.3, 0.4) is 0 Å². The summed E-state index contributed by atoms with van der Waals surface area (Å²) in [6.45, 7) is 13.3. The van der Waals surface area contributed by atoms with E-state index in [1.54, 1.807) is 0 Å². The predicted octanol–water partition coefficient (Wildman–Crippen LogP) is 1.88. The Morgan fingerprint density at radius 3 is 2.05 bits per heavy atom. The molecule has 1 aliphatic rings. The molecule has 1 heterocycles. The van der Waals surface area contributed by atoms with Gasteiger partial charge in [0.2, 0.25) is 0 Å². The van der Waals surface area contributed by atoms with E-state index in [0.717, 1.165) is 0 Å². The Balaban J connectivity index is 2.89. The Morgan fingerprint density at radius 2 is 1.62 bits per heavy atom. The fourth-order valence-corrected chi connectivity index (χ4v) is 2.27. The summed E-state index contributed by atoms with van der Waals surface area (Å²) < 4.78 is 10.2. The second-order valence-electron chi connectivity index (χ2n) is 7.33. The Kier molecular flexibility index (Phi) is 5.25. The first-order valence-electron chi connectivity index (χ1n) is 7.28. The van der Waals surface area contributed by atoms with Crippen LogP contribution in [0.15, 0.2) is 0 Å². The summed E-state index contributed by atoms with van der Waals surface area (Å²) >= 11 is 0. The van der Waals surface area contributed by atoms with E-state index >= 15 is 0 Å². The molecule has 0 spiro atoms. The van der Waals surface area contributed by atoms with Gasteiger partial charge in [0.1, 0.15) is 11.6 Å². The number of rotatable bonds is 1. The number of amides is 1. The van der Waals surface area contributed by atoms with Gasteiger partial charge in [-0.3, -0.25) is 9.80 Å². The van der Waals surface area contributed by atoms with E-state index in [9.17, 15) is 9.59 Å². The molecule has 0 aliphatic carbocycles. The number of nitrogens with zero attached hydrogens (tertiary/aromatic N) is 2. The van der Waals surface area contributed by atoms with Crippen LogP contribution in [0.25, 0.3) is 0 Å². The van der Waals surface area contributed by atoms with E-state index in [2.05, 4.69) is 25.7 Å². The minimum atomic E-state index is -0.627. The molecule has 1 atom stereocenters. The molecule has 122 valence electrons. The molecular formula is C15H28N2O4. The number of piperazine rings is 1. The van der Waals surface area contributed by atoms with Gasteiger partial charge in [0, 0.05) is 25.2 Å². The van der Waals surface area contributed by atoms with Crippen molar-refractivity contribution in [1.29, 1.82) is 0 Å². The second-order valence-corrected chi connectivity index (χ2v) is 7.33. The standard InChI is InChI=1S/C15H28N2O4/c1-14(2,3)16-8-9-17(11(10-16)12(18)20-7)13(19)21-15(4,5)6/h11H,8-10H2,1-7H3/t11-/m0/s1. The Labute approximate surface area is 127 Å². The smallest absolute Gasteiger partial charge is 0.411 e. The minimum absolute atomic E-state index is 0.0632.